The molecule has 0 bridgehead atoms. The minimum atomic E-state index is -3.40. The number of benzene rings is 2. The predicted molar refractivity (Wildman–Crippen MR) is 97.5 cm³/mol. The highest BCUT2D eigenvalue weighted by Crippen LogP contribution is 2.58. The number of halogens is 1. The Hall–Kier alpha value is -1.80. The summed E-state index contributed by atoms with van der Waals surface area (Å²) in [7, 11) is -3.40. The van der Waals surface area contributed by atoms with Crippen LogP contribution in [-0.4, -0.2) is 21.7 Å². The van der Waals surface area contributed by atoms with Crippen molar-refractivity contribution in [2.24, 2.45) is 5.73 Å². The van der Waals surface area contributed by atoms with E-state index in [-0.39, 0.29) is 18.3 Å². The van der Waals surface area contributed by atoms with Gasteiger partial charge in [0, 0.05) is 0 Å². The van der Waals surface area contributed by atoms with Crippen molar-refractivity contribution in [3.05, 3.63) is 59.9 Å². The maximum atomic E-state index is 14.3. The molecule has 0 saturated heterocycles. The molecular formula is C17H22FN3O2S. The number of nitrogens with two attached hydrogens (primary N) is 1. The molecule has 1 unspecified atom stereocenters. The molecule has 0 fully saturated rings. The largest absolute Gasteiger partial charge is 0.330 e. The Labute approximate surface area is 143 Å². The summed E-state index contributed by atoms with van der Waals surface area (Å²) in [5.41, 5.74) is 7.51. The Bertz CT molecular complexity index is 728. The maximum absolute atomic E-state index is 14.3. The predicted octanol–water partition coefficient (Wildman–Crippen LogP) is 3.97. The fourth-order valence-corrected chi connectivity index (χ4v) is 5.01. The van der Waals surface area contributed by atoms with E-state index in [1.807, 2.05) is 31.2 Å². The molecule has 5 nitrogen and oxygen atoms in total. The van der Waals surface area contributed by atoms with E-state index in [0.717, 1.165) is 11.3 Å². The number of para-hydroxylation sites is 2. The van der Waals surface area contributed by atoms with Crippen molar-refractivity contribution in [3.8, 4) is 0 Å². The van der Waals surface area contributed by atoms with Gasteiger partial charge in [-0.25, -0.2) is 8.70 Å². The Morgan fingerprint density at radius 2 is 1.75 bits per heavy atom. The first kappa shape index (κ1) is 17.0. The van der Waals surface area contributed by atoms with Gasteiger partial charge in [0.15, 0.2) is 0 Å². The molecule has 0 aliphatic carbocycles. The van der Waals surface area contributed by atoms with E-state index in [4.69, 9.17) is 5.73 Å². The van der Waals surface area contributed by atoms with Crippen LogP contribution in [0.4, 0.5) is 15.8 Å². The summed E-state index contributed by atoms with van der Waals surface area (Å²) in [6.07, 6.45) is 0.593. The van der Waals surface area contributed by atoms with Crippen molar-refractivity contribution in [1.82, 2.24) is 0 Å². The monoisotopic (exact) mass is 351 g/mol. The van der Waals surface area contributed by atoms with Crippen molar-refractivity contribution in [3.63, 3.8) is 0 Å². The SMILES string of the molecule is CC(CCN)N1c2ccccc2CN(c2ccccc2F)S1(O)O. The van der Waals surface area contributed by atoms with Crippen LogP contribution in [0.1, 0.15) is 18.9 Å². The van der Waals surface area contributed by atoms with E-state index in [1.54, 1.807) is 22.5 Å². The van der Waals surface area contributed by atoms with Gasteiger partial charge in [-0.05, 0) is 54.6 Å². The lowest BCUT2D eigenvalue weighted by atomic mass is 10.1. The third kappa shape index (κ3) is 2.84. The molecule has 2 aromatic rings. The molecule has 0 radical (unpaired) electrons. The van der Waals surface area contributed by atoms with Crippen molar-refractivity contribution >= 4 is 22.3 Å². The summed E-state index contributed by atoms with van der Waals surface area (Å²) in [4.78, 5) is 0. The Kier molecular flexibility index (Phi) is 4.69. The van der Waals surface area contributed by atoms with Crippen LogP contribution in [0.3, 0.4) is 0 Å². The van der Waals surface area contributed by atoms with E-state index in [9.17, 15) is 13.5 Å². The minimum Gasteiger partial charge on any atom is -0.330 e. The molecule has 130 valence electrons. The standard InChI is InChI=1S/C17H22FN3O2S/c1-13(10-11-19)21-16-8-4-2-6-14(16)12-20(24(21,22)23)17-9-5-3-7-15(17)18/h2-9,13,22-23H,10-12,19H2,1H3. The second-order valence-corrected chi connectivity index (χ2v) is 7.67. The van der Waals surface area contributed by atoms with E-state index in [0.29, 0.717) is 13.0 Å². The molecule has 4 N–H and O–H groups in total. The zero-order chi connectivity index (χ0) is 17.3. The van der Waals surface area contributed by atoms with Crippen LogP contribution in [0.5, 0.6) is 0 Å². The average Bonchev–Trinajstić information content (AvgIpc) is 2.54. The number of hydrogen-bond acceptors (Lipinski definition) is 5. The smallest absolute Gasteiger partial charge is 0.148 e. The van der Waals surface area contributed by atoms with Gasteiger partial charge in [-0.15, -0.1) is 0 Å². The van der Waals surface area contributed by atoms with Crippen LogP contribution in [-0.2, 0) is 6.54 Å². The van der Waals surface area contributed by atoms with E-state index in [2.05, 4.69) is 0 Å². The van der Waals surface area contributed by atoms with Crippen LogP contribution >= 0.6 is 11.0 Å². The van der Waals surface area contributed by atoms with Gasteiger partial charge >= 0.3 is 0 Å². The molecule has 0 aromatic heterocycles. The Balaban J connectivity index is 2.12. The normalized spacial score (nSPS) is 18.9. The third-order valence-corrected chi connectivity index (χ3v) is 6.21. The highest BCUT2D eigenvalue weighted by Gasteiger charge is 2.40. The molecule has 0 amide bonds. The first-order valence-corrected chi connectivity index (χ1v) is 9.30. The average molecular weight is 351 g/mol. The van der Waals surface area contributed by atoms with Gasteiger partial charge in [0.1, 0.15) is 5.82 Å². The molecule has 7 heteroatoms. The summed E-state index contributed by atoms with van der Waals surface area (Å²) in [6.45, 7) is 2.54. The maximum Gasteiger partial charge on any atom is 0.148 e. The molecule has 2 aromatic carbocycles. The zero-order valence-electron chi connectivity index (χ0n) is 13.5. The second kappa shape index (κ2) is 6.60. The molecule has 3 rings (SSSR count). The number of hydrogen-bond donors (Lipinski definition) is 3. The zero-order valence-corrected chi connectivity index (χ0v) is 14.3. The number of anilines is 2. The molecule has 0 spiro atoms. The van der Waals surface area contributed by atoms with Gasteiger partial charge in [-0.2, -0.15) is 0 Å². The Morgan fingerprint density at radius 3 is 2.42 bits per heavy atom. The van der Waals surface area contributed by atoms with E-state index < -0.39 is 16.8 Å². The van der Waals surface area contributed by atoms with Gasteiger partial charge in [0.25, 0.3) is 0 Å². The lowest BCUT2D eigenvalue weighted by Crippen LogP contribution is -2.48. The summed E-state index contributed by atoms with van der Waals surface area (Å²) in [5.74, 6) is -0.483. The molecule has 1 atom stereocenters. The number of fused-ring (bicyclic) bond motifs is 1. The molecule has 1 aliphatic heterocycles. The summed E-state index contributed by atoms with van der Waals surface area (Å²) in [5, 5.41) is 0. The summed E-state index contributed by atoms with van der Waals surface area (Å²) < 4.78 is 39.2. The van der Waals surface area contributed by atoms with Crippen molar-refractivity contribution in [2.75, 3.05) is 15.2 Å². The molecule has 1 heterocycles. The lowest BCUT2D eigenvalue weighted by Gasteiger charge is -2.56. The van der Waals surface area contributed by atoms with Crippen LogP contribution in [0.25, 0.3) is 0 Å². The molecule has 1 aliphatic rings. The van der Waals surface area contributed by atoms with E-state index >= 15 is 0 Å². The topological polar surface area (TPSA) is 73.0 Å². The van der Waals surface area contributed by atoms with E-state index in [1.165, 1.54) is 10.4 Å². The van der Waals surface area contributed by atoms with Crippen molar-refractivity contribution < 1.29 is 13.5 Å². The van der Waals surface area contributed by atoms with Crippen molar-refractivity contribution in [2.45, 2.75) is 25.9 Å². The highest BCUT2D eigenvalue weighted by molar-refractivity contribution is 8.26. The first-order valence-electron chi connectivity index (χ1n) is 7.84. The van der Waals surface area contributed by atoms with Gasteiger partial charge in [-0.3, -0.25) is 13.4 Å². The Morgan fingerprint density at radius 1 is 1.12 bits per heavy atom. The van der Waals surface area contributed by atoms with Crippen molar-refractivity contribution in [1.29, 1.82) is 0 Å². The van der Waals surface area contributed by atoms with Crippen LogP contribution in [0.15, 0.2) is 48.5 Å². The molecular weight excluding hydrogens is 329 g/mol. The number of rotatable bonds is 4. The summed E-state index contributed by atoms with van der Waals surface area (Å²) in [6, 6.07) is 13.5. The van der Waals surface area contributed by atoms with Crippen LogP contribution in [0, 0.1) is 5.82 Å². The van der Waals surface area contributed by atoms with Gasteiger partial charge in [0.2, 0.25) is 0 Å². The summed E-state index contributed by atoms with van der Waals surface area (Å²) >= 11 is 0. The second-order valence-electron chi connectivity index (χ2n) is 5.86. The molecule has 0 saturated carbocycles. The highest BCUT2D eigenvalue weighted by atomic mass is 32.3. The number of nitrogens with zero attached hydrogens (tertiary/aromatic N) is 2. The van der Waals surface area contributed by atoms with Crippen LogP contribution in [0.2, 0.25) is 0 Å². The molecule has 24 heavy (non-hydrogen) atoms. The third-order valence-electron chi connectivity index (χ3n) is 4.21. The van der Waals surface area contributed by atoms with Crippen LogP contribution < -0.4 is 14.3 Å². The van der Waals surface area contributed by atoms with Gasteiger partial charge < -0.3 is 5.73 Å². The minimum absolute atomic E-state index is 0.178. The lowest BCUT2D eigenvalue weighted by molar-refractivity contribution is 0.458. The fourth-order valence-electron chi connectivity index (χ4n) is 3.05. The first-order chi connectivity index (χ1) is 11.5. The quantitative estimate of drug-likeness (QED) is 0.777. The fraction of sp³-hybridized carbons (Fsp3) is 0.294. The van der Waals surface area contributed by atoms with Gasteiger partial charge in [-0.1, -0.05) is 30.3 Å². The van der Waals surface area contributed by atoms with Gasteiger partial charge in [0.05, 0.1) is 24.0 Å².